The largest absolute Gasteiger partial charge is 0.358 e. The lowest BCUT2D eigenvalue weighted by molar-refractivity contribution is 0.199. The Balaban J connectivity index is 1.21. The number of hydrogen-bond donors (Lipinski definition) is 1. The molecule has 0 unspecified atom stereocenters. The normalized spacial score (nSPS) is 14.7. The first kappa shape index (κ1) is 23.4. The maximum Gasteiger partial charge on any atom is 0.194 e. The van der Waals surface area contributed by atoms with Crippen LogP contribution in [0.3, 0.4) is 0 Å². The van der Waals surface area contributed by atoms with E-state index in [0.717, 1.165) is 66.3 Å². The van der Waals surface area contributed by atoms with Crippen molar-refractivity contribution < 1.29 is 0 Å². The Morgan fingerprint density at radius 2 is 1.84 bits per heavy atom. The van der Waals surface area contributed by atoms with Gasteiger partial charge in [-0.2, -0.15) is 10.2 Å². The van der Waals surface area contributed by atoms with Crippen molar-refractivity contribution in [2.45, 2.75) is 32.4 Å². The smallest absolute Gasteiger partial charge is 0.194 e. The number of pyridine rings is 2. The van der Waals surface area contributed by atoms with Gasteiger partial charge in [0.2, 0.25) is 0 Å². The summed E-state index contributed by atoms with van der Waals surface area (Å²) in [6, 6.07) is 20.9. The second kappa shape index (κ2) is 10.2. The lowest BCUT2D eigenvalue weighted by Crippen LogP contribution is -2.45. The number of fused-ring (bicyclic) bond motifs is 1. The van der Waals surface area contributed by atoms with E-state index in [1.807, 2.05) is 49.6 Å². The van der Waals surface area contributed by atoms with Crippen LogP contribution in [-0.4, -0.2) is 58.5 Å². The molecule has 6 rings (SSSR count). The van der Waals surface area contributed by atoms with E-state index in [2.05, 4.69) is 50.6 Å². The van der Waals surface area contributed by atoms with Crippen molar-refractivity contribution in [3.8, 4) is 22.5 Å². The highest BCUT2D eigenvalue weighted by atomic mass is 32.1. The number of piperidine rings is 1. The summed E-state index contributed by atoms with van der Waals surface area (Å²) >= 11 is 5.83. The Hall–Kier alpha value is -3.95. The fraction of sp³-hybridized carbons (Fsp3) is 0.250. The number of likely N-dealkylation sites (tertiary alicyclic amines) is 1. The van der Waals surface area contributed by atoms with E-state index in [9.17, 15) is 0 Å². The summed E-state index contributed by atoms with van der Waals surface area (Å²) in [6.45, 7) is 5.05. The van der Waals surface area contributed by atoms with Crippen molar-refractivity contribution in [1.29, 1.82) is 0 Å². The molecule has 0 amide bonds. The minimum absolute atomic E-state index is 0.319. The summed E-state index contributed by atoms with van der Waals surface area (Å²) in [7, 11) is 0. The molecule has 1 aromatic carbocycles. The number of aromatic nitrogens is 6. The van der Waals surface area contributed by atoms with Gasteiger partial charge in [-0.25, -0.2) is 14.2 Å². The third kappa shape index (κ3) is 5.14. The van der Waals surface area contributed by atoms with E-state index in [-0.39, 0.29) is 0 Å². The van der Waals surface area contributed by atoms with Gasteiger partial charge in [-0.05, 0) is 61.8 Å². The SMILES string of the molecule is Cc1cccc(-c2nn(C(=S)NC3CCN(Cc4ccccc4)CC3)cc2-c2ccc3ncnn3c2)n1. The summed E-state index contributed by atoms with van der Waals surface area (Å²) in [5.41, 5.74) is 6.59. The van der Waals surface area contributed by atoms with Crippen LogP contribution < -0.4 is 5.32 Å². The van der Waals surface area contributed by atoms with E-state index in [1.54, 1.807) is 15.5 Å². The van der Waals surface area contributed by atoms with E-state index in [4.69, 9.17) is 22.3 Å². The molecule has 0 atom stereocenters. The van der Waals surface area contributed by atoms with Crippen molar-refractivity contribution in [3.63, 3.8) is 0 Å². The number of nitrogens with one attached hydrogen (secondary N) is 1. The first-order valence-electron chi connectivity index (χ1n) is 12.5. The van der Waals surface area contributed by atoms with Crippen LogP contribution in [0.15, 0.2) is 79.4 Å². The van der Waals surface area contributed by atoms with Crippen LogP contribution >= 0.6 is 12.2 Å². The Morgan fingerprint density at radius 3 is 2.65 bits per heavy atom. The quantitative estimate of drug-likeness (QED) is 0.354. The first-order chi connectivity index (χ1) is 18.1. The Morgan fingerprint density at radius 1 is 1.00 bits per heavy atom. The molecular weight excluding hydrogens is 480 g/mol. The van der Waals surface area contributed by atoms with Crippen molar-refractivity contribution >= 4 is 23.0 Å². The molecule has 1 saturated heterocycles. The van der Waals surface area contributed by atoms with Crippen LogP contribution in [0.2, 0.25) is 0 Å². The summed E-state index contributed by atoms with van der Waals surface area (Å²) in [4.78, 5) is 11.5. The Kier molecular flexibility index (Phi) is 6.46. The Bertz CT molecular complexity index is 1530. The number of benzene rings is 1. The number of nitrogens with zero attached hydrogens (tertiary/aromatic N) is 7. The average molecular weight is 509 g/mol. The third-order valence-electron chi connectivity index (χ3n) is 6.80. The molecule has 0 bridgehead atoms. The van der Waals surface area contributed by atoms with Gasteiger partial charge < -0.3 is 5.32 Å². The number of thiocarbonyl (C=S) groups is 1. The van der Waals surface area contributed by atoms with E-state index >= 15 is 0 Å². The van der Waals surface area contributed by atoms with E-state index < -0.39 is 0 Å². The van der Waals surface area contributed by atoms with Gasteiger partial charge in [0, 0.05) is 54.9 Å². The monoisotopic (exact) mass is 508 g/mol. The average Bonchev–Trinajstić information content (AvgIpc) is 3.58. The number of aryl methyl sites for hydroxylation is 1. The molecule has 1 fully saturated rings. The lowest BCUT2D eigenvalue weighted by Gasteiger charge is -2.32. The molecule has 5 aromatic rings. The van der Waals surface area contributed by atoms with Crippen molar-refractivity contribution in [3.05, 3.63) is 90.6 Å². The lowest BCUT2D eigenvalue weighted by atomic mass is 10.0. The summed E-state index contributed by atoms with van der Waals surface area (Å²) < 4.78 is 3.53. The molecule has 186 valence electrons. The molecule has 1 aliphatic rings. The summed E-state index contributed by atoms with van der Waals surface area (Å²) in [5.74, 6) is 0. The molecule has 0 saturated carbocycles. The molecule has 0 spiro atoms. The molecule has 4 aromatic heterocycles. The van der Waals surface area contributed by atoms with Crippen LogP contribution in [0.25, 0.3) is 28.2 Å². The van der Waals surface area contributed by atoms with Gasteiger partial charge in [0.15, 0.2) is 10.8 Å². The first-order valence-corrected chi connectivity index (χ1v) is 12.9. The Labute approximate surface area is 221 Å². The minimum atomic E-state index is 0.319. The maximum atomic E-state index is 5.83. The fourth-order valence-corrected chi connectivity index (χ4v) is 5.11. The zero-order valence-electron chi connectivity index (χ0n) is 20.7. The van der Waals surface area contributed by atoms with Crippen molar-refractivity contribution in [1.82, 2.24) is 39.6 Å². The van der Waals surface area contributed by atoms with Crippen LogP contribution in [0.4, 0.5) is 0 Å². The van der Waals surface area contributed by atoms with Crippen molar-refractivity contribution in [2.24, 2.45) is 0 Å². The molecule has 1 N–H and O–H groups in total. The predicted octanol–water partition coefficient (Wildman–Crippen LogP) is 4.35. The van der Waals surface area contributed by atoms with Gasteiger partial charge in [0.1, 0.15) is 12.0 Å². The maximum absolute atomic E-state index is 5.83. The predicted molar refractivity (Wildman–Crippen MR) is 148 cm³/mol. The van der Waals surface area contributed by atoms with E-state index in [1.165, 1.54) is 5.56 Å². The molecule has 5 heterocycles. The topological polar surface area (TPSA) is 76.2 Å². The molecule has 0 radical (unpaired) electrons. The molecule has 8 nitrogen and oxygen atoms in total. The van der Waals surface area contributed by atoms with Gasteiger partial charge >= 0.3 is 0 Å². The van der Waals surface area contributed by atoms with Crippen LogP contribution in [0, 0.1) is 6.92 Å². The minimum Gasteiger partial charge on any atom is -0.358 e. The van der Waals surface area contributed by atoms with Crippen LogP contribution in [0.1, 0.15) is 24.1 Å². The van der Waals surface area contributed by atoms with Gasteiger partial charge in [0.25, 0.3) is 0 Å². The van der Waals surface area contributed by atoms with Crippen molar-refractivity contribution in [2.75, 3.05) is 13.1 Å². The van der Waals surface area contributed by atoms with Gasteiger partial charge in [-0.3, -0.25) is 9.88 Å². The van der Waals surface area contributed by atoms with Crippen LogP contribution in [0.5, 0.6) is 0 Å². The molecule has 9 heteroatoms. The molecular formula is C28H28N8S. The third-order valence-corrected chi connectivity index (χ3v) is 7.11. The molecule has 0 aliphatic carbocycles. The highest BCUT2D eigenvalue weighted by molar-refractivity contribution is 7.80. The van der Waals surface area contributed by atoms with Gasteiger partial charge in [-0.1, -0.05) is 36.4 Å². The van der Waals surface area contributed by atoms with Crippen LogP contribution in [-0.2, 0) is 6.54 Å². The summed E-state index contributed by atoms with van der Waals surface area (Å²) in [5, 5.41) is 13.3. The zero-order valence-corrected chi connectivity index (χ0v) is 21.5. The fourth-order valence-electron chi connectivity index (χ4n) is 4.85. The van der Waals surface area contributed by atoms with E-state index in [0.29, 0.717) is 11.2 Å². The van der Waals surface area contributed by atoms with Gasteiger partial charge in [0.05, 0.1) is 5.69 Å². The summed E-state index contributed by atoms with van der Waals surface area (Å²) in [6.07, 6.45) is 7.57. The highest BCUT2D eigenvalue weighted by Crippen LogP contribution is 2.30. The number of rotatable bonds is 5. The zero-order chi connectivity index (χ0) is 25.2. The molecule has 1 aliphatic heterocycles. The second-order valence-corrected chi connectivity index (χ2v) is 9.85. The second-order valence-electron chi connectivity index (χ2n) is 9.47. The molecule has 37 heavy (non-hydrogen) atoms. The standard InChI is InChI=1S/C28H28N8S/c1-20-6-5-9-25(31-20)27-24(22-10-11-26-29-19-30-35(26)17-22)18-36(33-27)28(37)32-23-12-14-34(15-13-23)16-21-7-3-2-4-8-21/h2-11,17-19,23H,12-16H2,1H3,(H,32,37). The highest BCUT2D eigenvalue weighted by Gasteiger charge is 2.22. The number of hydrogen-bond acceptors (Lipinski definition) is 6. The van der Waals surface area contributed by atoms with Gasteiger partial charge in [-0.15, -0.1) is 0 Å².